The van der Waals surface area contributed by atoms with Gasteiger partial charge in [-0.2, -0.15) is 10.2 Å². The van der Waals surface area contributed by atoms with E-state index in [-0.39, 0.29) is 23.3 Å². The smallest absolute Gasteiger partial charge is 0.250 e. The second kappa shape index (κ2) is 13.6. The molecule has 0 bridgehead atoms. The van der Waals surface area contributed by atoms with Crippen LogP contribution in [0.25, 0.3) is 0 Å². The molecule has 0 unspecified atom stereocenters. The van der Waals surface area contributed by atoms with Crippen LogP contribution in [0.1, 0.15) is 11.1 Å². The molecule has 0 saturated carbocycles. The fraction of sp³-hybridized carbons (Fsp3) is 0.273. The molecule has 176 valence electrons. The first-order chi connectivity index (χ1) is 16.0. The van der Waals surface area contributed by atoms with Crippen molar-refractivity contribution < 1.29 is 28.5 Å². The predicted molar refractivity (Wildman–Crippen MR) is 128 cm³/mol. The maximum Gasteiger partial charge on any atom is 0.250 e. The van der Waals surface area contributed by atoms with Gasteiger partial charge in [0.15, 0.2) is 23.0 Å². The first-order valence-corrected chi connectivity index (χ1v) is 10.8. The van der Waals surface area contributed by atoms with Crippen LogP contribution in [0.4, 0.5) is 0 Å². The van der Waals surface area contributed by atoms with Crippen molar-refractivity contribution in [1.82, 2.24) is 10.9 Å². The lowest BCUT2D eigenvalue weighted by atomic mass is 10.2. The summed E-state index contributed by atoms with van der Waals surface area (Å²) < 4.78 is 21.0. The van der Waals surface area contributed by atoms with Crippen LogP contribution in [0.5, 0.6) is 23.0 Å². The third-order valence-corrected chi connectivity index (χ3v) is 5.05. The van der Waals surface area contributed by atoms with Crippen LogP contribution in [0.2, 0.25) is 0 Å². The number of hydrazone groups is 2. The fourth-order valence-electron chi connectivity index (χ4n) is 2.68. The lowest BCUT2D eigenvalue weighted by Gasteiger charge is -2.09. The summed E-state index contributed by atoms with van der Waals surface area (Å²) in [6.07, 6.45) is 2.91. The van der Waals surface area contributed by atoms with E-state index >= 15 is 0 Å². The van der Waals surface area contributed by atoms with Crippen molar-refractivity contribution in [3.05, 3.63) is 47.5 Å². The summed E-state index contributed by atoms with van der Waals surface area (Å²) in [5, 5.41) is 7.83. The molecule has 2 rings (SSSR count). The Morgan fingerprint density at radius 2 is 1.18 bits per heavy atom. The van der Waals surface area contributed by atoms with Crippen LogP contribution in [-0.4, -0.2) is 64.2 Å². The zero-order valence-electron chi connectivity index (χ0n) is 18.8. The topological polar surface area (TPSA) is 120 Å². The van der Waals surface area contributed by atoms with Gasteiger partial charge in [-0.05, 0) is 24.3 Å². The first-order valence-electron chi connectivity index (χ1n) is 9.67. The Labute approximate surface area is 196 Å². The van der Waals surface area contributed by atoms with E-state index in [1.807, 2.05) is 0 Å². The van der Waals surface area contributed by atoms with Crippen molar-refractivity contribution in [1.29, 1.82) is 0 Å². The van der Waals surface area contributed by atoms with Gasteiger partial charge < -0.3 is 18.9 Å². The Hall–Kier alpha value is -3.73. The average molecular weight is 475 g/mol. The Morgan fingerprint density at radius 1 is 0.758 bits per heavy atom. The third kappa shape index (κ3) is 7.72. The van der Waals surface area contributed by atoms with Crippen LogP contribution >= 0.6 is 11.8 Å². The van der Waals surface area contributed by atoms with Crippen molar-refractivity contribution in [2.24, 2.45) is 10.2 Å². The van der Waals surface area contributed by atoms with Gasteiger partial charge in [0.05, 0.1) is 52.4 Å². The van der Waals surface area contributed by atoms with Crippen LogP contribution < -0.4 is 29.8 Å². The second-order valence-electron chi connectivity index (χ2n) is 6.24. The standard InChI is InChI=1S/C22H26N4O6S/c1-29-17-9-5-7-15(21(17)31-3)11-23-25-19(27)13-33-14-20(28)26-24-12-16-8-6-10-18(30-2)22(16)32-4/h5-12H,13-14H2,1-4H3,(H,25,27)(H,26,28)/b23-11+,24-12+. The zero-order valence-corrected chi connectivity index (χ0v) is 19.6. The van der Waals surface area contributed by atoms with E-state index < -0.39 is 0 Å². The molecule has 0 fully saturated rings. The van der Waals surface area contributed by atoms with Crippen LogP contribution in [0.15, 0.2) is 46.6 Å². The minimum Gasteiger partial charge on any atom is -0.493 e. The molecule has 2 amide bonds. The molecular formula is C22H26N4O6S. The first kappa shape index (κ1) is 25.5. The summed E-state index contributed by atoms with van der Waals surface area (Å²) in [7, 11) is 6.11. The molecule has 0 aliphatic rings. The summed E-state index contributed by atoms with van der Waals surface area (Å²) in [6.45, 7) is 0. The van der Waals surface area contributed by atoms with Crippen molar-refractivity contribution in [2.75, 3.05) is 39.9 Å². The highest BCUT2D eigenvalue weighted by molar-refractivity contribution is 8.00. The predicted octanol–water partition coefficient (Wildman–Crippen LogP) is 2.05. The number of hydrogen-bond acceptors (Lipinski definition) is 9. The molecule has 0 aliphatic carbocycles. The molecule has 10 nitrogen and oxygen atoms in total. The molecule has 2 aromatic rings. The third-order valence-electron chi connectivity index (χ3n) is 4.12. The number of ether oxygens (including phenoxy) is 4. The van der Waals surface area contributed by atoms with Gasteiger partial charge in [0.2, 0.25) is 11.8 Å². The number of amides is 2. The van der Waals surface area contributed by atoms with Gasteiger partial charge in [0, 0.05) is 11.1 Å². The molecule has 11 heteroatoms. The molecule has 0 aromatic heterocycles. The number of nitrogens with zero attached hydrogens (tertiary/aromatic N) is 2. The van der Waals surface area contributed by atoms with Crippen LogP contribution in [-0.2, 0) is 9.59 Å². The Morgan fingerprint density at radius 3 is 1.55 bits per heavy atom. The van der Waals surface area contributed by atoms with Crippen molar-refractivity contribution in [2.45, 2.75) is 0 Å². The lowest BCUT2D eigenvalue weighted by Crippen LogP contribution is -2.23. The molecule has 0 aliphatic heterocycles. The molecular weight excluding hydrogens is 448 g/mol. The number of carbonyl (C=O) groups is 2. The summed E-state index contributed by atoms with van der Waals surface area (Å²) in [6, 6.07) is 10.6. The molecule has 0 atom stereocenters. The monoisotopic (exact) mass is 474 g/mol. The van der Waals surface area contributed by atoms with Crippen LogP contribution in [0.3, 0.4) is 0 Å². The SMILES string of the molecule is COc1cccc(/C=N/NC(=O)CSCC(=O)N/N=C/c2cccc(OC)c2OC)c1OC. The number of para-hydroxylation sites is 2. The lowest BCUT2D eigenvalue weighted by molar-refractivity contribution is -0.118. The number of methoxy groups -OCH3 is 4. The Kier molecular flexibility index (Phi) is 10.5. The number of thioether (sulfide) groups is 1. The number of benzene rings is 2. The van der Waals surface area contributed by atoms with Gasteiger partial charge in [-0.3, -0.25) is 9.59 Å². The summed E-state index contributed by atoms with van der Waals surface area (Å²) in [5.41, 5.74) is 6.11. The maximum atomic E-state index is 11.9. The molecule has 0 spiro atoms. The zero-order chi connectivity index (χ0) is 24.1. The van der Waals surface area contributed by atoms with E-state index in [9.17, 15) is 9.59 Å². The highest BCUT2D eigenvalue weighted by Crippen LogP contribution is 2.30. The summed E-state index contributed by atoms with van der Waals surface area (Å²) in [5.74, 6) is 1.53. The molecule has 33 heavy (non-hydrogen) atoms. The molecule has 2 aromatic carbocycles. The highest BCUT2D eigenvalue weighted by atomic mass is 32.2. The number of hydrogen-bond donors (Lipinski definition) is 2. The molecule has 0 heterocycles. The highest BCUT2D eigenvalue weighted by Gasteiger charge is 2.09. The number of carbonyl (C=O) groups excluding carboxylic acids is 2. The van der Waals surface area contributed by atoms with Gasteiger partial charge in [-0.1, -0.05) is 12.1 Å². The van der Waals surface area contributed by atoms with E-state index in [0.717, 1.165) is 11.8 Å². The summed E-state index contributed by atoms with van der Waals surface area (Å²) in [4.78, 5) is 23.9. The van der Waals surface area contributed by atoms with Crippen LogP contribution in [0, 0.1) is 0 Å². The maximum absolute atomic E-state index is 11.9. The van der Waals surface area contributed by atoms with E-state index in [2.05, 4.69) is 21.1 Å². The number of nitrogens with one attached hydrogen (secondary N) is 2. The molecule has 2 N–H and O–H groups in total. The second-order valence-corrected chi connectivity index (χ2v) is 7.23. The van der Waals surface area contributed by atoms with Gasteiger partial charge in [-0.15, -0.1) is 11.8 Å². The van der Waals surface area contributed by atoms with E-state index in [0.29, 0.717) is 34.1 Å². The quantitative estimate of drug-likeness (QED) is 0.357. The van der Waals surface area contributed by atoms with E-state index in [1.165, 1.54) is 40.9 Å². The van der Waals surface area contributed by atoms with Crippen molar-refractivity contribution >= 4 is 36.0 Å². The van der Waals surface area contributed by atoms with Gasteiger partial charge in [0.25, 0.3) is 0 Å². The Balaban J connectivity index is 1.76. The van der Waals surface area contributed by atoms with E-state index in [1.54, 1.807) is 36.4 Å². The molecule has 0 radical (unpaired) electrons. The van der Waals surface area contributed by atoms with Crippen molar-refractivity contribution in [3.63, 3.8) is 0 Å². The largest absolute Gasteiger partial charge is 0.493 e. The van der Waals surface area contributed by atoms with Gasteiger partial charge in [-0.25, -0.2) is 10.9 Å². The average Bonchev–Trinajstić information content (AvgIpc) is 2.83. The minimum absolute atomic E-state index is 0.0490. The van der Waals surface area contributed by atoms with E-state index in [4.69, 9.17) is 18.9 Å². The normalized spacial score (nSPS) is 10.8. The number of rotatable bonds is 12. The summed E-state index contributed by atoms with van der Waals surface area (Å²) >= 11 is 1.13. The fourth-order valence-corrected chi connectivity index (χ4v) is 3.28. The molecule has 0 saturated heterocycles. The van der Waals surface area contributed by atoms with Crippen molar-refractivity contribution in [3.8, 4) is 23.0 Å². The Bertz CT molecular complexity index is 933. The minimum atomic E-state index is -0.351. The van der Waals surface area contributed by atoms with Gasteiger partial charge in [0.1, 0.15) is 0 Å². The van der Waals surface area contributed by atoms with Gasteiger partial charge >= 0.3 is 0 Å².